The second-order valence-electron chi connectivity index (χ2n) is 7.54. The minimum Gasteiger partial charge on any atom is -0.487 e. The average Bonchev–Trinajstić information content (AvgIpc) is 3.14. The van der Waals surface area contributed by atoms with Gasteiger partial charge in [-0.05, 0) is 74.2 Å². The number of halogens is 1. The quantitative estimate of drug-likeness (QED) is 0.462. The number of ether oxygens (including phenoxy) is 2. The number of hydrogen-bond acceptors (Lipinski definition) is 5. The van der Waals surface area contributed by atoms with Crippen molar-refractivity contribution in [3.63, 3.8) is 0 Å². The molecule has 0 aliphatic heterocycles. The van der Waals surface area contributed by atoms with Gasteiger partial charge in [-0.15, -0.1) is 0 Å². The Morgan fingerprint density at radius 2 is 1.94 bits per heavy atom. The summed E-state index contributed by atoms with van der Waals surface area (Å²) in [5.41, 5.74) is 3.82. The number of oxazole rings is 1. The van der Waals surface area contributed by atoms with Crippen LogP contribution in [0.3, 0.4) is 0 Å². The van der Waals surface area contributed by atoms with E-state index in [9.17, 15) is 14.3 Å². The zero-order chi connectivity index (χ0) is 23.3. The van der Waals surface area contributed by atoms with Gasteiger partial charge in [0.05, 0.1) is 0 Å². The molecule has 3 rings (SSSR count). The Balaban J connectivity index is 1.72. The molecular weight excluding hydrogens is 413 g/mol. The van der Waals surface area contributed by atoms with Crippen molar-refractivity contribution < 1.29 is 28.2 Å². The van der Waals surface area contributed by atoms with Gasteiger partial charge in [0.1, 0.15) is 29.6 Å². The summed E-state index contributed by atoms with van der Waals surface area (Å²) in [4.78, 5) is 15.9. The minimum absolute atomic E-state index is 0.217. The maximum Gasteiger partial charge on any atom is 0.333 e. The van der Waals surface area contributed by atoms with Gasteiger partial charge in [0, 0.05) is 18.6 Å². The number of nitrogens with zero attached hydrogens (tertiary/aromatic N) is 1. The fourth-order valence-electron chi connectivity index (χ4n) is 3.45. The molecule has 0 saturated carbocycles. The Kier molecular flexibility index (Phi) is 7.64. The molecule has 170 valence electrons. The van der Waals surface area contributed by atoms with E-state index >= 15 is 0 Å². The smallest absolute Gasteiger partial charge is 0.333 e. The van der Waals surface area contributed by atoms with E-state index in [2.05, 4.69) is 4.98 Å². The second kappa shape index (κ2) is 10.4. The summed E-state index contributed by atoms with van der Waals surface area (Å²) in [6, 6.07) is 10.3. The lowest BCUT2D eigenvalue weighted by atomic mass is 9.99. The van der Waals surface area contributed by atoms with E-state index in [0.717, 1.165) is 17.5 Å². The molecule has 1 heterocycles. The number of carboxylic acid groups (broad SMARTS) is 1. The number of aromatic nitrogens is 1. The monoisotopic (exact) mass is 441 g/mol. The largest absolute Gasteiger partial charge is 0.487 e. The molecular formula is C25H28FNO5. The fraction of sp³-hybridized carbons (Fsp3) is 0.360. The lowest BCUT2D eigenvalue weighted by molar-refractivity contribution is -0.149. The number of carbonyl (C=O) groups is 1. The van der Waals surface area contributed by atoms with E-state index in [0.29, 0.717) is 47.2 Å². The Morgan fingerprint density at radius 1 is 1.16 bits per heavy atom. The lowest BCUT2D eigenvalue weighted by Crippen LogP contribution is -2.26. The van der Waals surface area contributed by atoms with E-state index in [1.165, 1.54) is 6.07 Å². The zero-order valence-corrected chi connectivity index (χ0v) is 18.8. The molecule has 6 nitrogen and oxygen atoms in total. The summed E-state index contributed by atoms with van der Waals surface area (Å²) >= 11 is 0. The molecule has 0 fully saturated rings. The molecule has 0 saturated heterocycles. The lowest BCUT2D eigenvalue weighted by Gasteiger charge is -2.16. The van der Waals surface area contributed by atoms with E-state index in [1.807, 2.05) is 32.0 Å². The molecule has 1 atom stereocenters. The van der Waals surface area contributed by atoms with Crippen LogP contribution in [0.15, 0.2) is 40.8 Å². The standard InChI is InChI=1S/C25H28FNO5/c1-5-17-12-20(9-7-18(17)13-23(25(28)29)30-6-2)31-14-22-16(4)32-24(27-22)19-8-10-21(26)15(3)11-19/h7-12,23H,5-6,13-14H2,1-4H3,(H,28,29). The van der Waals surface area contributed by atoms with Crippen molar-refractivity contribution in [2.75, 3.05) is 6.61 Å². The Bertz CT molecular complexity index is 1090. The molecule has 1 aromatic heterocycles. The molecule has 0 aliphatic carbocycles. The van der Waals surface area contributed by atoms with E-state index in [4.69, 9.17) is 13.9 Å². The molecule has 2 aromatic carbocycles. The SMILES string of the molecule is CCOC(Cc1ccc(OCc2nc(-c3ccc(F)c(C)c3)oc2C)cc1CC)C(=O)O. The van der Waals surface area contributed by atoms with Crippen molar-refractivity contribution in [3.05, 3.63) is 70.4 Å². The number of benzene rings is 2. The van der Waals surface area contributed by atoms with Crippen molar-refractivity contribution in [1.82, 2.24) is 4.98 Å². The first-order valence-corrected chi connectivity index (χ1v) is 10.6. The number of aryl methyl sites for hydroxylation is 3. The highest BCUT2D eigenvalue weighted by atomic mass is 19.1. The van der Waals surface area contributed by atoms with Gasteiger partial charge >= 0.3 is 5.97 Å². The number of aliphatic carboxylic acids is 1. The van der Waals surface area contributed by atoms with Crippen LogP contribution in [0.1, 0.15) is 42.0 Å². The topological polar surface area (TPSA) is 81.8 Å². The van der Waals surface area contributed by atoms with Crippen LogP contribution in [0.2, 0.25) is 0 Å². The van der Waals surface area contributed by atoms with Gasteiger partial charge in [0.25, 0.3) is 0 Å². The van der Waals surface area contributed by atoms with Crippen molar-refractivity contribution in [2.45, 2.75) is 53.2 Å². The van der Waals surface area contributed by atoms with Gasteiger partial charge in [-0.25, -0.2) is 14.2 Å². The predicted molar refractivity (Wildman–Crippen MR) is 118 cm³/mol. The van der Waals surface area contributed by atoms with Gasteiger partial charge in [-0.2, -0.15) is 0 Å². The number of carboxylic acids is 1. The minimum atomic E-state index is -0.970. The van der Waals surface area contributed by atoms with Crippen LogP contribution in [0, 0.1) is 19.7 Å². The van der Waals surface area contributed by atoms with Crippen molar-refractivity contribution in [1.29, 1.82) is 0 Å². The van der Waals surface area contributed by atoms with Gasteiger partial charge in [0.15, 0.2) is 6.10 Å². The Labute approximate surface area is 187 Å². The van der Waals surface area contributed by atoms with E-state index in [1.54, 1.807) is 26.0 Å². The van der Waals surface area contributed by atoms with Gasteiger partial charge in [-0.1, -0.05) is 13.0 Å². The van der Waals surface area contributed by atoms with Crippen LogP contribution in [-0.2, 0) is 29.0 Å². The summed E-state index contributed by atoms with van der Waals surface area (Å²) in [6.07, 6.45) is 0.167. The van der Waals surface area contributed by atoms with E-state index in [-0.39, 0.29) is 12.4 Å². The second-order valence-corrected chi connectivity index (χ2v) is 7.54. The maximum atomic E-state index is 13.5. The third-order valence-corrected chi connectivity index (χ3v) is 5.28. The highest BCUT2D eigenvalue weighted by molar-refractivity contribution is 5.72. The summed E-state index contributed by atoms with van der Waals surface area (Å²) in [5, 5.41) is 9.35. The summed E-state index contributed by atoms with van der Waals surface area (Å²) in [7, 11) is 0. The Hall–Kier alpha value is -3.19. The third kappa shape index (κ3) is 5.53. The molecule has 32 heavy (non-hydrogen) atoms. The highest BCUT2D eigenvalue weighted by Gasteiger charge is 2.20. The van der Waals surface area contributed by atoms with Crippen LogP contribution in [0.25, 0.3) is 11.5 Å². The van der Waals surface area contributed by atoms with Crippen molar-refractivity contribution >= 4 is 5.97 Å². The molecule has 1 unspecified atom stereocenters. The van der Waals surface area contributed by atoms with Gasteiger partial charge < -0.3 is 19.0 Å². The van der Waals surface area contributed by atoms with Gasteiger partial charge in [-0.3, -0.25) is 0 Å². The summed E-state index contributed by atoms with van der Waals surface area (Å²) in [6.45, 7) is 7.86. The number of rotatable bonds is 10. The normalized spacial score (nSPS) is 12.0. The molecule has 7 heteroatoms. The van der Waals surface area contributed by atoms with Gasteiger partial charge in [0.2, 0.25) is 5.89 Å². The van der Waals surface area contributed by atoms with Crippen LogP contribution in [-0.4, -0.2) is 28.8 Å². The van der Waals surface area contributed by atoms with Crippen LogP contribution < -0.4 is 4.74 Å². The predicted octanol–water partition coefficient (Wildman–Crippen LogP) is 5.27. The van der Waals surface area contributed by atoms with Crippen LogP contribution in [0.5, 0.6) is 5.75 Å². The molecule has 1 N–H and O–H groups in total. The zero-order valence-electron chi connectivity index (χ0n) is 18.8. The molecule has 0 aliphatic rings. The third-order valence-electron chi connectivity index (χ3n) is 5.28. The molecule has 0 bridgehead atoms. The van der Waals surface area contributed by atoms with Crippen LogP contribution in [0.4, 0.5) is 4.39 Å². The summed E-state index contributed by atoms with van der Waals surface area (Å²) < 4.78 is 30.6. The van der Waals surface area contributed by atoms with Crippen molar-refractivity contribution in [3.8, 4) is 17.2 Å². The first-order chi connectivity index (χ1) is 15.3. The first kappa shape index (κ1) is 23.5. The molecule has 0 spiro atoms. The highest BCUT2D eigenvalue weighted by Crippen LogP contribution is 2.26. The molecule has 0 amide bonds. The van der Waals surface area contributed by atoms with Crippen LogP contribution >= 0.6 is 0 Å². The number of hydrogen-bond donors (Lipinski definition) is 1. The summed E-state index contributed by atoms with van der Waals surface area (Å²) in [5.74, 6) is 0.477. The molecule has 0 radical (unpaired) electrons. The maximum absolute atomic E-state index is 13.5. The van der Waals surface area contributed by atoms with E-state index < -0.39 is 12.1 Å². The van der Waals surface area contributed by atoms with Crippen molar-refractivity contribution in [2.24, 2.45) is 0 Å². The molecule has 3 aromatic rings. The Morgan fingerprint density at radius 3 is 2.59 bits per heavy atom. The average molecular weight is 441 g/mol. The first-order valence-electron chi connectivity index (χ1n) is 10.6. The fourth-order valence-corrected chi connectivity index (χ4v) is 3.45.